The number of nitrogens with zero attached hydrogens (tertiary/aromatic N) is 1. The maximum Gasteiger partial charge on any atom is 0.322 e. The number of esters is 1. The highest BCUT2D eigenvalue weighted by Crippen LogP contribution is 2.23. The number of nitrogens with two attached hydrogens (primary N) is 1. The molecule has 0 fully saturated rings. The van der Waals surface area contributed by atoms with Gasteiger partial charge in [0.05, 0.1) is 7.11 Å². The lowest BCUT2D eigenvalue weighted by molar-refractivity contribution is -0.142. The summed E-state index contributed by atoms with van der Waals surface area (Å²) >= 11 is 0. The summed E-state index contributed by atoms with van der Waals surface area (Å²) in [6.07, 6.45) is 4.92. The number of methoxy groups -OCH3 is 1. The third-order valence-corrected chi connectivity index (χ3v) is 3.57. The van der Waals surface area contributed by atoms with E-state index >= 15 is 0 Å². The van der Waals surface area contributed by atoms with E-state index in [1.54, 1.807) is 0 Å². The van der Waals surface area contributed by atoms with Gasteiger partial charge in [-0.25, -0.2) is 0 Å². The highest BCUT2D eigenvalue weighted by molar-refractivity contribution is 5.85. The van der Waals surface area contributed by atoms with Crippen LogP contribution in [0.4, 0.5) is 0 Å². The summed E-state index contributed by atoms with van der Waals surface area (Å²) in [5.41, 5.74) is 8.18. The Labute approximate surface area is 119 Å². The van der Waals surface area contributed by atoms with Crippen molar-refractivity contribution in [2.75, 3.05) is 7.11 Å². The number of hydrogen-bond acceptors (Lipinski definition) is 3. The van der Waals surface area contributed by atoms with E-state index in [9.17, 15) is 4.79 Å². The van der Waals surface area contributed by atoms with Crippen LogP contribution in [0.5, 0.6) is 0 Å². The number of carbonyl (C=O) groups is 1. The minimum Gasteiger partial charge on any atom is -0.468 e. The van der Waals surface area contributed by atoms with Gasteiger partial charge in [0.2, 0.25) is 0 Å². The molecule has 0 radical (unpaired) electrons. The molecular formula is C16H22N2O2. The van der Waals surface area contributed by atoms with Crippen LogP contribution in [0.25, 0.3) is 10.9 Å². The van der Waals surface area contributed by atoms with E-state index in [-0.39, 0.29) is 5.97 Å². The predicted octanol–water partition coefficient (Wildman–Crippen LogP) is 2.48. The number of para-hydroxylation sites is 1. The summed E-state index contributed by atoms with van der Waals surface area (Å²) in [6, 6.07) is 7.63. The minimum absolute atomic E-state index is 0.365. The number of aryl methyl sites for hydroxylation is 1. The molecule has 0 bridgehead atoms. The molecule has 0 saturated carbocycles. The van der Waals surface area contributed by atoms with Crippen molar-refractivity contribution < 1.29 is 9.53 Å². The van der Waals surface area contributed by atoms with Crippen LogP contribution >= 0.6 is 0 Å². The fraction of sp³-hybridized carbons (Fsp3) is 0.438. The van der Waals surface area contributed by atoms with E-state index in [0.29, 0.717) is 6.42 Å². The zero-order valence-electron chi connectivity index (χ0n) is 12.1. The van der Waals surface area contributed by atoms with E-state index in [1.807, 2.05) is 12.1 Å². The Morgan fingerprint density at radius 1 is 1.40 bits per heavy atom. The molecule has 0 unspecified atom stereocenters. The minimum atomic E-state index is -0.606. The van der Waals surface area contributed by atoms with E-state index in [2.05, 4.69) is 29.8 Å². The molecule has 0 saturated heterocycles. The molecule has 1 heterocycles. The van der Waals surface area contributed by atoms with Crippen molar-refractivity contribution in [3.63, 3.8) is 0 Å². The number of benzene rings is 1. The van der Waals surface area contributed by atoms with Crippen LogP contribution in [0, 0.1) is 0 Å². The van der Waals surface area contributed by atoms with Gasteiger partial charge in [0, 0.05) is 30.1 Å². The summed E-state index contributed by atoms with van der Waals surface area (Å²) in [5.74, 6) is -0.365. The number of fused-ring (bicyclic) bond motifs is 1. The fourth-order valence-electron chi connectivity index (χ4n) is 2.47. The normalized spacial score (nSPS) is 12.6. The number of carbonyl (C=O) groups excluding carboxylic acids is 1. The Bertz CT molecular complexity index is 589. The fourth-order valence-corrected chi connectivity index (χ4v) is 2.47. The number of rotatable bonds is 6. The van der Waals surface area contributed by atoms with Gasteiger partial charge in [-0.15, -0.1) is 0 Å². The highest BCUT2D eigenvalue weighted by atomic mass is 16.5. The van der Waals surface area contributed by atoms with Gasteiger partial charge in [-0.3, -0.25) is 4.79 Å². The SMILES string of the molecule is CCCCn1cc(C[C@H](N)C(=O)OC)c2ccccc21. The Morgan fingerprint density at radius 3 is 2.85 bits per heavy atom. The lowest BCUT2D eigenvalue weighted by Crippen LogP contribution is -2.33. The van der Waals surface area contributed by atoms with Crippen LogP contribution in [0.3, 0.4) is 0 Å². The van der Waals surface area contributed by atoms with Crippen molar-refractivity contribution in [3.8, 4) is 0 Å². The molecule has 0 aliphatic rings. The van der Waals surface area contributed by atoms with Crippen LogP contribution in [0.15, 0.2) is 30.5 Å². The van der Waals surface area contributed by atoms with E-state index < -0.39 is 6.04 Å². The lowest BCUT2D eigenvalue weighted by Gasteiger charge is -2.07. The van der Waals surface area contributed by atoms with E-state index in [1.165, 1.54) is 18.0 Å². The maximum absolute atomic E-state index is 11.5. The second-order valence-electron chi connectivity index (χ2n) is 5.05. The van der Waals surface area contributed by atoms with Gasteiger partial charge in [-0.1, -0.05) is 31.5 Å². The molecule has 0 spiro atoms. The standard InChI is InChI=1S/C16H22N2O2/c1-3-4-9-18-11-12(10-14(17)16(19)20-2)13-7-5-6-8-15(13)18/h5-8,11,14H,3-4,9-10,17H2,1-2H3/t14-/m0/s1. The predicted molar refractivity (Wildman–Crippen MR) is 80.5 cm³/mol. The smallest absolute Gasteiger partial charge is 0.322 e. The first kappa shape index (κ1) is 14.6. The van der Waals surface area contributed by atoms with Crippen LogP contribution in [0.1, 0.15) is 25.3 Å². The molecule has 2 rings (SSSR count). The molecule has 4 nitrogen and oxygen atoms in total. The first-order valence-corrected chi connectivity index (χ1v) is 7.07. The first-order valence-electron chi connectivity index (χ1n) is 7.07. The van der Waals surface area contributed by atoms with Crippen LogP contribution < -0.4 is 5.73 Å². The largest absolute Gasteiger partial charge is 0.468 e. The van der Waals surface area contributed by atoms with Crippen molar-refractivity contribution in [2.24, 2.45) is 5.73 Å². The molecular weight excluding hydrogens is 252 g/mol. The second-order valence-corrected chi connectivity index (χ2v) is 5.05. The summed E-state index contributed by atoms with van der Waals surface area (Å²) in [7, 11) is 1.37. The van der Waals surface area contributed by atoms with Gasteiger partial charge >= 0.3 is 5.97 Å². The zero-order valence-corrected chi connectivity index (χ0v) is 12.1. The molecule has 2 N–H and O–H groups in total. The summed E-state index contributed by atoms with van der Waals surface area (Å²) in [4.78, 5) is 11.5. The zero-order chi connectivity index (χ0) is 14.5. The molecule has 1 atom stereocenters. The van der Waals surface area contributed by atoms with Gasteiger partial charge in [0.15, 0.2) is 0 Å². The molecule has 2 aromatic rings. The maximum atomic E-state index is 11.5. The molecule has 0 aliphatic carbocycles. The third kappa shape index (κ3) is 3.02. The Hall–Kier alpha value is -1.81. The Balaban J connectivity index is 2.31. The van der Waals surface area contributed by atoms with Crippen molar-refractivity contribution in [1.29, 1.82) is 0 Å². The van der Waals surface area contributed by atoms with E-state index in [0.717, 1.165) is 24.9 Å². The van der Waals surface area contributed by atoms with Gasteiger partial charge in [0.25, 0.3) is 0 Å². The third-order valence-electron chi connectivity index (χ3n) is 3.57. The quantitative estimate of drug-likeness (QED) is 0.823. The Kier molecular flexibility index (Phi) is 4.79. The van der Waals surface area contributed by atoms with Crippen LogP contribution in [-0.2, 0) is 22.5 Å². The number of ether oxygens (including phenoxy) is 1. The average molecular weight is 274 g/mol. The molecule has 20 heavy (non-hydrogen) atoms. The van der Waals surface area contributed by atoms with Crippen molar-refractivity contribution in [3.05, 3.63) is 36.0 Å². The average Bonchev–Trinajstić information content (AvgIpc) is 2.82. The van der Waals surface area contributed by atoms with Crippen molar-refractivity contribution >= 4 is 16.9 Å². The van der Waals surface area contributed by atoms with E-state index in [4.69, 9.17) is 10.5 Å². The molecule has 4 heteroatoms. The molecule has 0 amide bonds. The monoisotopic (exact) mass is 274 g/mol. The molecule has 1 aromatic heterocycles. The van der Waals surface area contributed by atoms with Crippen LogP contribution in [0.2, 0.25) is 0 Å². The van der Waals surface area contributed by atoms with Gasteiger partial charge in [-0.05, 0) is 18.1 Å². The van der Waals surface area contributed by atoms with Gasteiger partial charge in [-0.2, -0.15) is 0 Å². The molecule has 0 aliphatic heterocycles. The lowest BCUT2D eigenvalue weighted by atomic mass is 10.1. The summed E-state index contributed by atoms with van der Waals surface area (Å²) < 4.78 is 6.95. The number of aromatic nitrogens is 1. The second kappa shape index (κ2) is 6.57. The van der Waals surface area contributed by atoms with Crippen molar-refractivity contribution in [2.45, 2.75) is 38.8 Å². The van der Waals surface area contributed by atoms with Crippen LogP contribution in [-0.4, -0.2) is 23.7 Å². The Morgan fingerprint density at radius 2 is 2.15 bits per heavy atom. The van der Waals surface area contributed by atoms with Gasteiger partial charge < -0.3 is 15.0 Å². The van der Waals surface area contributed by atoms with Crippen molar-refractivity contribution in [1.82, 2.24) is 4.57 Å². The number of unbranched alkanes of at least 4 members (excludes halogenated alkanes) is 1. The van der Waals surface area contributed by atoms with Gasteiger partial charge in [0.1, 0.15) is 6.04 Å². The summed E-state index contributed by atoms with van der Waals surface area (Å²) in [5, 5.41) is 1.17. The molecule has 108 valence electrons. The number of hydrogen-bond donors (Lipinski definition) is 1. The molecule has 1 aromatic carbocycles. The topological polar surface area (TPSA) is 57.2 Å². The highest BCUT2D eigenvalue weighted by Gasteiger charge is 2.17. The summed E-state index contributed by atoms with van der Waals surface area (Å²) in [6.45, 7) is 3.17. The first-order chi connectivity index (χ1) is 9.67.